The van der Waals surface area contributed by atoms with E-state index in [1.165, 1.54) is 11.8 Å². The molecule has 1 aliphatic heterocycles. The van der Waals surface area contributed by atoms with Crippen LogP contribution in [-0.2, 0) is 0 Å². The van der Waals surface area contributed by atoms with Gasteiger partial charge in [-0.2, -0.15) is 0 Å². The van der Waals surface area contributed by atoms with Crippen molar-refractivity contribution in [3.8, 4) is 0 Å². The summed E-state index contributed by atoms with van der Waals surface area (Å²) in [5, 5.41) is 9.21. The molecule has 2 rings (SSSR count). The normalized spacial score (nSPS) is 20.3. The molecule has 2 nitrogen and oxygen atoms in total. The van der Waals surface area contributed by atoms with Crippen molar-refractivity contribution in [2.75, 3.05) is 20.1 Å². The summed E-state index contributed by atoms with van der Waals surface area (Å²) in [5.74, 6) is 0. The fourth-order valence-electron chi connectivity index (χ4n) is 1.85. The van der Waals surface area contributed by atoms with Crippen LogP contribution in [0.4, 0.5) is 0 Å². The molecule has 0 atom stereocenters. The van der Waals surface area contributed by atoms with E-state index in [9.17, 15) is 5.11 Å². The summed E-state index contributed by atoms with van der Waals surface area (Å²) in [6.07, 6.45) is 3.37. The lowest BCUT2D eigenvalue weighted by atomic mass is 9.95. The molecule has 1 heterocycles. The van der Waals surface area contributed by atoms with Crippen LogP contribution < -0.4 is 0 Å². The summed E-state index contributed by atoms with van der Waals surface area (Å²) in [6, 6.07) is 10.2. The fourth-order valence-corrected chi connectivity index (χ4v) is 1.85. The van der Waals surface area contributed by atoms with Crippen molar-refractivity contribution >= 4 is 5.57 Å². The Labute approximate surface area is 90.2 Å². The molecule has 0 aromatic heterocycles. The SMILES string of the molecule is CN1CC=C(c2ccccc2)C(=CO)C1. The predicted octanol–water partition coefficient (Wildman–Crippen LogP) is 2.46. The van der Waals surface area contributed by atoms with Crippen LogP contribution in [-0.4, -0.2) is 30.1 Å². The van der Waals surface area contributed by atoms with Crippen LogP contribution in [0.1, 0.15) is 5.56 Å². The second kappa shape index (κ2) is 4.32. The molecular weight excluding hydrogens is 186 g/mol. The van der Waals surface area contributed by atoms with Crippen LogP contribution in [0.25, 0.3) is 5.57 Å². The number of nitrogens with zero attached hydrogens (tertiary/aromatic N) is 1. The maximum Gasteiger partial charge on any atom is 0.0842 e. The lowest BCUT2D eigenvalue weighted by molar-refractivity contribution is 0.388. The quantitative estimate of drug-likeness (QED) is 0.705. The van der Waals surface area contributed by atoms with Crippen LogP contribution in [0.3, 0.4) is 0 Å². The Morgan fingerprint density at radius 3 is 2.67 bits per heavy atom. The predicted molar refractivity (Wildman–Crippen MR) is 62.6 cm³/mol. The van der Waals surface area contributed by atoms with E-state index in [0.717, 1.165) is 24.2 Å². The highest BCUT2D eigenvalue weighted by Gasteiger charge is 2.14. The first-order chi connectivity index (χ1) is 7.31. The van der Waals surface area contributed by atoms with Crippen molar-refractivity contribution < 1.29 is 5.11 Å². The molecule has 0 amide bonds. The van der Waals surface area contributed by atoms with Crippen molar-refractivity contribution in [1.29, 1.82) is 0 Å². The minimum Gasteiger partial charge on any atom is -0.515 e. The highest BCUT2D eigenvalue weighted by atomic mass is 16.2. The highest BCUT2D eigenvalue weighted by molar-refractivity contribution is 5.80. The van der Waals surface area contributed by atoms with Gasteiger partial charge in [0.15, 0.2) is 0 Å². The monoisotopic (exact) mass is 201 g/mol. The largest absolute Gasteiger partial charge is 0.515 e. The van der Waals surface area contributed by atoms with Gasteiger partial charge in [0.05, 0.1) is 6.26 Å². The third-order valence-corrected chi connectivity index (χ3v) is 2.63. The molecule has 0 spiro atoms. The first kappa shape index (κ1) is 9.99. The molecule has 78 valence electrons. The molecule has 0 saturated carbocycles. The van der Waals surface area contributed by atoms with Gasteiger partial charge in [-0.1, -0.05) is 36.4 Å². The standard InChI is InChI=1S/C13H15NO/c1-14-8-7-13(12(9-14)10-15)11-5-3-2-4-6-11/h2-7,10,15H,8-9H2,1H3. The van der Waals surface area contributed by atoms with Crippen molar-refractivity contribution in [2.24, 2.45) is 0 Å². The third-order valence-electron chi connectivity index (χ3n) is 2.63. The van der Waals surface area contributed by atoms with E-state index in [2.05, 4.69) is 23.1 Å². The van der Waals surface area contributed by atoms with E-state index < -0.39 is 0 Å². The molecule has 0 unspecified atom stereocenters. The van der Waals surface area contributed by atoms with Gasteiger partial charge in [-0.15, -0.1) is 0 Å². The zero-order valence-corrected chi connectivity index (χ0v) is 8.85. The van der Waals surface area contributed by atoms with Gasteiger partial charge in [0.2, 0.25) is 0 Å². The molecule has 0 radical (unpaired) electrons. The Bertz CT molecular complexity index is 392. The summed E-state index contributed by atoms with van der Waals surface area (Å²) < 4.78 is 0. The number of benzene rings is 1. The number of aliphatic hydroxyl groups is 1. The average molecular weight is 201 g/mol. The van der Waals surface area contributed by atoms with Crippen molar-refractivity contribution in [1.82, 2.24) is 4.90 Å². The van der Waals surface area contributed by atoms with Crippen molar-refractivity contribution in [3.63, 3.8) is 0 Å². The van der Waals surface area contributed by atoms with Crippen molar-refractivity contribution in [3.05, 3.63) is 53.8 Å². The summed E-state index contributed by atoms with van der Waals surface area (Å²) in [7, 11) is 2.04. The molecule has 1 aromatic rings. The zero-order valence-electron chi connectivity index (χ0n) is 8.85. The number of hydrogen-bond donors (Lipinski definition) is 1. The maximum atomic E-state index is 9.21. The lowest BCUT2D eigenvalue weighted by Crippen LogP contribution is -2.25. The Hall–Kier alpha value is -1.54. The van der Waals surface area contributed by atoms with E-state index >= 15 is 0 Å². The van der Waals surface area contributed by atoms with Gasteiger partial charge in [0, 0.05) is 18.7 Å². The van der Waals surface area contributed by atoms with E-state index in [1.54, 1.807) is 0 Å². The van der Waals surface area contributed by atoms with Gasteiger partial charge in [-0.3, -0.25) is 4.90 Å². The summed E-state index contributed by atoms with van der Waals surface area (Å²) in [5.41, 5.74) is 3.30. The first-order valence-electron chi connectivity index (χ1n) is 5.09. The van der Waals surface area contributed by atoms with Gasteiger partial charge >= 0.3 is 0 Å². The van der Waals surface area contributed by atoms with Crippen LogP contribution in [0.5, 0.6) is 0 Å². The molecule has 0 bridgehead atoms. The maximum absolute atomic E-state index is 9.21. The Balaban J connectivity index is 2.36. The molecule has 1 aliphatic rings. The minimum atomic E-state index is 0.803. The molecule has 1 N–H and O–H groups in total. The van der Waals surface area contributed by atoms with Gasteiger partial charge < -0.3 is 5.11 Å². The summed E-state index contributed by atoms with van der Waals surface area (Å²) in [6.45, 7) is 1.73. The molecule has 1 aromatic carbocycles. The highest BCUT2D eigenvalue weighted by Crippen LogP contribution is 2.25. The van der Waals surface area contributed by atoms with Gasteiger partial charge in [0.1, 0.15) is 0 Å². The second-order valence-corrected chi connectivity index (χ2v) is 3.83. The zero-order chi connectivity index (χ0) is 10.7. The van der Waals surface area contributed by atoms with E-state index in [4.69, 9.17) is 0 Å². The summed E-state index contributed by atoms with van der Waals surface area (Å²) >= 11 is 0. The number of likely N-dealkylation sites (N-methyl/N-ethyl adjacent to an activating group) is 1. The Morgan fingerprint density at radius 2 is 2.00 bits per heavy atom. The molecule has 0 saturated heterocycles. The third kappa shape index (κ3) is 2.10. The average Bonchev–Trinajstić information content (AvgIpc) is 2.30. The second-order valence-electron chi connectivity index (χ2n) is 3.83. The van der Waals surface area contributed by atoms with Crippen LogP contribution in [0.15, 0.2) is 48.2 Å². The van der Waals surface area contributed by atoms with Gasteiger partial charge in [0.25, 0.3) is 0 Å². The van der Waals surface area contributed by atoms with Crippen molar-refractivity contribution in [2.45, 2.75) is 0 Å². The topological polar surface area (TPSA) is 23.5 Å². The van der Waals surface area contributed by atoms with Crippen LogP contribution in [0.2, 0.25) is 0 Å². The molecule has 2 heteroatoms. The Morgan fingerprint density at radius 1 is 1.27 bits per heavy atom. The molecular formula is C13H15NO. The summed E-state index contributed by atoms with van der Waals surface area (Å²) in [4.78, 5) is 2.16. The number of rotatable bonds is 1. The number of hydrogen-bond acceptors (Lipinski definition) is 2. The smallest absolute Gasteiger partial charge is 0.0842 e. The molecule has 0 fully saturated rings. The van der Waals surface area contributed by atoms with E-state index in [-0.39, 0.29) is 0 Å². The molecule has 0 aliphatic carbocycles. The van der Waals surface area contributed by atoms with Crippen LogP contribution in [0, 0.1) is 0 Å². The van der Waals surface area contributed by atoms with Gasteiger partial charge in [-0.25, -0.2) is 0 Å². The minimum absolute atomic E-state index is 0.803. The van der Waals surface area contributed by atoms with E-state index in [0.29, 0.717) is 0 Å². The lowest BCUT2D eigenvalue weighted by Gasteiger charge is -2.24. The first-order valence-corrected chi connectivity index (χ1v) is 5.09. The van der Waals surface area contributed by atoms with E-state index in [1.807, 2.05) is 25.2 Å². The Kier molecular flexibility index (Phi) is 2.88. The number of aliphatic hydroxyl groups excluding tert-OH is 1. The van der Waals surface area contributed by atoms with Crippen LogP contribution >= 0.6 is 0 Å². The van der Waals surface area contributed by atoms with Gasteiger partial charge in [-0.05, 0) is 18.2 Å². The fraction of sp³-hybridized carbons (Fsp3) is 0.231. The molecule has 15 heavy (non-hydrogen) atoms.